The van der Waals surface area contributed by atoms with Crippen LogP contribution in [0.5, 0.6) is 5.75 Å². The molecule has 3 rings (SSSR count). The molecule has 0 radical (unpaired) electrons. The number of nitrogens with zero attached hydrogens (tertiary/aromatic N) is 2. The van der Waals surface area contributed by atoms with Crippen LogP contribution >= 0.6 is 23.2 Å². The summed E-state index contributed by atoms with van der Waals surface area (Å²) in [5.41, 5.74) is 1.69. The first-order valence-corrected chi connectivity index (χ1v) is 15.4. The monoisotopic (exact) mass is 605 g/mol. The van der Waals surface area contributed by atoms with Gasteiger partial charge in [-0.2, -0.15) is 0 Å². The highest BCUT2D eigenvalue weighted by Gasteiger charge is 2.33. The fraction of sp³-hybridized carbons (Fsp3) is 0.310. The minimum atomic E-state index is -3.87. The smallest absolute Gasteiger partial charge is 0.244 e. The number of carbonyl (C=O) groups is 2. The van der Waals surface area contributed by atoms with Crippen LogP contribution in [-0.2, 0) is 32.6 Å². The highest BCUT2D eigenvalue weighted by molar-refractivity contribution is 7.92. The summed E-state index contributed by atoms with van der Waals surface area (Å²) in [7, 11) is -3.87. The van der Waals surface area contributed by atoms with E-state index >= 15 is 0 Å². The van der Waals surface area contributed by atoms with Crippen LogP contribution in [0, 0.1) is 0 Å². The lowest BCUT2D eigenvalue weighted by Crippen LogP contribution is -2.53. The van der Waals surface area contributed by atoms with Crippen molar-refractivity contribution in [3.05, 3.63) is 94.0 Å². The van der Waals surface area contributed by atoms with E-state index < -0.39 is 28.5 Å². The van der Waals surface area contributed by atoms with Crippen molar-refractivity contribution in [2.75, 3.05) is 30.3 Å². The maximum Gasteiger partial charge on any atom is 0.244 e. The number of nitrogens with one attached hydrogen (secondary N) is 1. The zero-order valence-electron chi connectivity index (χ0n) is 22.6. The van der Waals surface area contributed by atoms with E-state index in [0.29, 0.717) is 40.2 Å². The minimum absolute atomic E-state index is 0.0374. The van der Waals surface area contributed by atoms with Gasteiger partial charge in [-0.15, -0.1) is 0 Å². The third kappa shape index (κ3) is 8.61. The van der Waals surface area contributed by atoms with Crippen LogP contribution in [0.15, 0.2) is 72.8 Å². The van der Waals surface area contributed by atoms with Gasteiger partial charge in [-0.3, -0.25) is 13.9 Å². The molecule has 214 valence electrons. The quantitative estimate of drug-likeness (QED) is 0.298. The fourth-order valence-corrected chi connectivity index (χ4v) is 5.49. The summed E-state index contributed by atoms with van der Waals surface area (Å²) in [6.45, 7) is 3.88. The Hall–Kier alpha value is -3.27. The number of hydrogen-bond acceptors (Lipinski definition) is 5. The van der Waals surface area contributed by atoms with Crippen LogP contribution < -0.4 is 14.4 Å². The second kappa shape index (κ2) is 14.4. The molecule has 1 atom stereocenters. The van der Waals surface area contributed by atoms with Gasteiger partial charge in [-0.25, -0.2) is 8.42 Å². The molecule has 0 fully saturated rings. The molecule has 0 heterocycles. The van der Waals surface area contributed by atoms with Crippen LogP contribution in [0.2, 0.25) is 10.0 Å². The Bertz CT molecular complexity index is 1400. The number of hydrogen-bond donors (Lipinski definition) is 1. The summed E-state index contributed by atoms with van der Waals surface area (Å²) < 4.78 is 32.2. The molecule has 0 saturated carbocycles. The van der Waals surface area contributed by atoms with Crippen molar-refractivity contribution >= 4 is 50.7 Å². The van der Waals surface area contributed by atoms with E-state index in [4.69, 9.17) is 27.9 Å². The summed E-state index contributed by atoms with van der Waals surface area (Å²) in [5, 5.41) is 3.56. The number of sulfonamides is 1. The third-order valence-electron chi connectivity index (χ3n) is 6.09. The van der Waals surface area contributed by atoms with Crippen LogP contribution in [0.25, 0.3) is 0 Å². The molecule has 0 bridgehead atoms. The number of likely N-dealkylation sites (N-methyl/N-ethyl adjacent to an activating group) is 1. The average Bonchev–Trinajstić information content (AvgIpc) is 2.91. The lowest BCUT2D eigenvalue weighted by Gasteiger charge is -2.33. The normalized spacial score (nSPS) is 11.9. The van der Waals surface area contributed by atoms with Crippen LogP contribution in [0.1, 0.15) is 25.0 Å². The molecule has 0 unspecified atom stereocenters. The van der Waals surface area contributed by atoms with Crippen LogP contribution in [0.4, 0.5) is 5.69 Å². The molecule has 2 amide bonds. The van der Waals surface area contributed by atoms with Gasteiger partial charge < -0.3 is 15.0 Å². The molecule has 8 nitrogen and oxygen atoms in total. The summed E-state index contributed by atoms with van der Waals surface area (Å²) >= 11 is 12.5. The Balaban J connectivity index is 2.04. The average molecular weight is 607 g/mol. The van der Waals surface area contributed by atoms with E-state index in [0.717, 1.165) is 16.1 Å². The van der Waals surface area contributed by atoms with Gasteiger partial charge in [0.05, 0.1) is 18.6 Å². The second-order valence-corrected chi connectivity index (χ2v) is 11.8. The summed E-state index contributed by atoms with van der Waals surface area (Å²) in [5.74, 6) is -0.363. The van der Waals surface area contributed by atoms with Crippen LogP contribution in [0.3, 0.4) is 0 Å². The van der Waals surface area contributed by atoms with Crippen molar-refractivity contribution in [3.63, 3.8) is 0 Å². The molecule has 0 spiro atoms. The second-order valence-electron chi connectivity index (χ2n) is 9.05. The topological polar surface area (TPSA) is 96.0 Å². The Kier molecular flexibility index (Phi) is 11.2. The van der Waals surface area contributed by atoms with Gasteiger partial charge in [0.1, 0.15) is 18.3 Å². The Labute approximate surface area is 245 Å². The molecule has 0 aromatic heterocycles. The number of rotatable bonds is 13. The van der Waals surface area contributed by atoms with Crippen molar-refractivity contribution in [1.29, 1.82) is 0 Å². The fourth-order valence-electron chi connectivity index (χ4n) is 4.17. The lowest BCUT2D eigenvalue weighted by molar-refractivity contribution is -0.140. The molecule has 40 heavy (non-hydrogen) atoms. The van der Waals surface area contributed by atoms with E-state index in [1.54, 1.807) is 49.4 Å². The first kappa shape index (κ1) is 31.3. The minimum Gasteiger partial charge on any atom is -0.494 e. The number of carbonyl (C=O) groups excluding carboxylic acids is 2. The predicted molar refractivity (Wildman–Crippen MR) is 159 cm³/mol. The predicted octanol–water partition coefficient (Wildman–Crippen LogP) is 4.93. The zero-order chi connectivity index (χ0) is 29.3. The number of amides is 2. The molecule has 0 aliphatic carbocycles. The molecule has 11 heteroatoms. The SMILES string of the molecule is CCNC(=O)[C@H](Cc1ccccc1)N(Cc1ccc(Cl)cc1Cl)C(=O)CN(c1ccc(OCC)cc1)S(C)(=O)=O. The number of ether oxygens (including phenoxy) is 1. The molecule has 1 N–H and O–H groups in total. The summed E-state index contributed by atoms with van der Waals surface area (Å²) in [6.07, 6.45) is 1.24. The van der Waals surface area contributed by atoms with Gasteiger partial charge in [0.2, 0.25) is 21.8 Å². The Morgan fingerprint density at radius 1 is 0.975 bits per heavy atom. The number of halogens is 2. The maximum atomic E-state index is 14.0. The lowest BCUT2D eigenvalue weighted by atomic mass is 10.0. The van der Waals surface area contributed by atoms with E-state index in [1.165, 1.54) is 4.90 Å². The number of benzene rings is 3. The van der Waals surface area contributed by atoms with Gasteiger partial charge in [0.25, 0.3) is 0 Å². The van der Waals surface area contributed by atoms with E-state index in [-0.39, 0.29) is 18.9 Å². The molecule has 0 aliphatic heterocycles. The summed E-state index contributed by atoms with van der Waals surface area (Å²) in [6, 6.07) is 19.7. The van der Waals surface area contributed by atoms with E-state index in [9.17, 15) is 18.0 Å². The van der Waals surface area contributed by atoms with Gasteiger partial charge in [-0.1, -0.05) is 59.6 Å². The van der Waals surface area contributed by atoms with Crippen molar-refractivity contribution in [1.82, 2.24) is 10.2 Å². The third-order valence-corrected chi connectivity index (χ3v) is 7.82. The van der Waals surface area contributed by atoms with Gasteiger partial charge >= 0.3 is 0 Å². The maximum absolute atomic E-state index is 14.0. The highest BCUT2D eigenvalue weighted by atomic mass is 35.5. The molecular weight excluding hydrogens is 573 g/mol. The van der Waals surface area contributed by atoms with Gasteiger partial charge in [0.15, 0.2) is 0 Å². The molecule has 3 aromatic rings. The van der Waals surface area contributed by atoms with Crippen molar-refractivity contribution in [2.24, 2.45) is 0 Å². The largest absolute Gasteiger partial charge is 0.494 e. The highest BCUT2D eigenvalue weighted by Crippen LogP contribution is 2.26. The standard InChI is InChI=1S/C29H33Cl2N3O5S/c1-4-32-29(36)27(17-21-9-7-6-8-10-21)33(19-22-11-12-23(30)18-26(22)31)28(35)20-34(40(3,37)38)24-13-15-25(16-14-24)39-5-2/h6-16,18,27H,4-5,17,19-20H2,1-3H3,(H,32,36)/t27-/m0/s1. The first-order chi connectivity index (χ1) is 19.0. The van der Waals surface area contributed by atoms with Gasteiger partial charge in [0, 0.05) is 29.6 Å². The molecular formula is C29H33Cl2N3O5S. The van der Waals surface area contributed by atoms with Gasteiger partial charge in [-0.05, 0) is 61.4 Å². The van der Waals surface area contributed by atoms with E-state index in [1.807, 2.05) is 37.3 Å². The first-order valence-electron chi connectivity index (χ1n) is 12.8. The zero-order valence-corrected chi connectivity index (χ0v) is 25.0. The Morgan fingerprint density at radius 2 is 1.65 bits per heavy atom. The van der Waals surface area contributed by atoms with Crippen molar-refractivity contribution in [2.45, 2.75) is 32.9 Å². The number of anilines is 1. The molecule has 0 saturated heterocycles. The molecule has 0 aliphatic rings. The van der Waals surface area contributed by atoms with Crippen LogP contribution in [-0.4, -0.2) is 57.1 Å². The van der Waals surface area contributed by atoms with Crippen molar-refractivity contribution in [3.8, 4) is 5.75 Å². The summed E-state index contributed by atoms with van der Waals surface area (Å²) in [4.78, 5) is 28.8. The molecule has 3 aromatic carbocycles. The van der Waals surface area contributed by atoms with Crippen molar-refractivity contribution < 1.29 is 22.7 Å². The van der Waals surface area contributed by atoms with E-state index in [2.05, 4.69) is 5.32 Å². The Morgan fingerprint density at radius 3 is 2.23 bits per heavy atom.